The zero-order chi connectivity index (χ0) is 20.1. The van der Waals surface area contributed by atoms with Gasteiger partial charge in [0.25, 0.3) is 6.08 Å². The van der Waals surface area contributed by atoms with Crippen LogP contribution in [0.4, 0.5) is 8.78 Å². The monoisotopic (exact) mass is 394 g/mol. The summed E-state index contributed by atoms with van der Waals surface area (Å²) in [5, 5.41) is 4.19. The van der Waals surface area contributed by atoms with Crippen molar-refractivity contribution in [3.63, 3.8) is 0 Å². The predicted octanol–water partition coefficient (Wildman–Crippen LogP) is 4.69. The number of allylic oxidation sites excluding steroid dienone is 1. The van der Waals surface area contributed by atoms with Crippen molar-refractivity contribution in [3.8, 4) is 0 Å². The largest absolute Gasteiger partial charge is 0.395 e. The number of hydrogen-bond acceptors (Lipinski definition) is 4. The van der Waals surface area contributed by atoms with Crippen LogP contribution in [0.3, 0.4) is 0 Å². The van der Waals surface area contributed by atoms with E-state index in [-0.39, 0.29) is 28.6 Å². The van der Waals surface area contributed by atoms with E-state index in [1.807, 2.05) is 0 Å². The number of carbonyl (C=O) groups excluding carboxylic acids is 1. The molecule has 0 aromatic rings. The third kappa shape index (κ3) is 2.94. The molecule has 4 rings (SSSR count). The van der Waals surface area contributed by atoms with Crippen LogP contribution in [0.15, 0.2) is 16.8 Å². The molecule has 4 saturated carbocycles. The number of rotatable bonds is 3. The fraction of sp³-hybridized carbons (Fsp3) is 0.818. The van der Waals surface area contributed by atoms with Crippen LogP contribution in [-0.2, 0) is 9.63 Å². The topological polar surface area (TPSA) is 64.7 Å². The van der Waals surface area contributed by atoms with E-state index in [2.05, 4.69) is 19.0 Å². The van der Waals surface area contributed by atoms with E-state index in [9.17, 15) is 13.6 Å². The fourth-order valence-corrected chi connectivity index (χ4v) is 7.16. The Bertz CT molecular complexity index is 717. The summed E-state index contributed by atoms with van der Waals surface area (Å²) in [7, 11) is 0. The molecule has 6 heteroatoms. The maximum Gasteiger partial charge on any atom is 0.269 e. The summed E-state index contributed by atoms with van der Waals surface area (Å²) in [6.07, 6.45) is 4.52. The maximum absolute atomic E-state index is 14.1. The van der Waals surface area contributed by atoms with Crippen LogP contribution in [0.5, 0.6) is 0 Å². The zero-order valence-corrected chi connectivity index (χ0v) is 17.0. The number of oxime groups is 1. The smallest absolute Gasteiger partial charge is 0.269 e. The summed E-state index contributed by atoms with van der Waals surface area (Å²) in [5.74, 6) is 1.05. The molecular formula is C22H32F2N2O2. The normalized spacial score (nSPS) is 44.1. The van der Waals surface area contributed by atoms with Crippen molar-refractivity contribution in [1.29, 1.82) is 0 Å². The van der Waals surface area contributed by atoms with Crippen LogP contribution >= 0.6 is 0 Å². The van der Waals surface area contributed by atoms with Gasteiger partial charge in [0.2, 0.25) is 0 Å². The van der Waals surface area contributed by atoms with Crippen LogP contribution in [-0.4, -0.2) is 24.6 Å². The highest BCUT2D eigenvalue weighted by Crippen LogP contribution is 2.66. The molecule has 4 aliphatic rings. The molecule has 28 heavy (non-hydrogen) atoms. The molecule has 0 unspecified atom stereocenters. The van der Waals surface area contributed by atoms with Gasteiger partial charge in [0.15, 0.2) is 0 Å². The van der Waals surface area contributed by atoms with Crippen LogP contribution in [0, 0.1) is 34.5 Å². The quantitative estimate of drug-likeness (QED) is 0.558. The highest BCUT2D eigenvalue weighted by atomic mass is 19.3. The Morgan fingerprint density at radius 2 is 1.96 bits per heavy atom. The first-order chi connectivity index (χ1) is 13.3. The molecule has 156 valence electrons. The Morgan fingerprint density at radius 1 is 1.18 bits per heavy atom. The Kier molecular flexibility index (Phi) is 5.13. The number of nitrogens with two attached hydrogens (primary N) is 1. The number of halogens is 2. The molecule has 0 bridgehead atoms. The fourth-order valence-electron chi connectivity index (χ4n) is 7.16. The minimum Gasteiger partial charge on any atom is -0.395 e. The average molecular weight is 395 g/mol. The van der Waals surface area contributed by atoms with Gasteiger partial charge in [-0.3, -0.25) is 4.79 Å². The number of ketones is 1. The summed E-state index contributed by atoms with van der Waals surface area (Å²) < 4.78 is 28.2. The van der Waals surface area contributed by atoms with Gasteiger partial charge in [-0.2, -0.15) is 8.78 Å². The molecular weight excluding hydrogens is 362 g/mol. The van der Waals surface area contributed by atoms with Crippen molar-refractivity contribution in [1.82, 2.24) is 0 Å². The zero-order valence-electron chi connectivity index (χ0n) is 17.0. The van der Waals surface area contributed by atoms with Gasteiger partial charge in [0, 0.05) is 18.4 Å². The summed E-state index contributed by atoms with van der Waals surface area (Å²) in [5.41, 5.74) is 6.20. The molecule has 2 N–H and O–H groups in total. The SMILES string of the molecule is C[C@]12CC/C(=N\OCCN)C[C@@H]1C(=C(F)F)C[C@@H]1[C@@H]2CC[C@]2(C)C(=O)CC[C@@H]12. The van der Waals surface area contributed by atoms with Crippen LogP contribution in [0.25, 0.3) is 0 Å². The molecule has 0 aromatic heterocycles. The lowest BCUT2D eigenvalue weighted by molar-refractivity contribution is -0.134. The lowest BCUT2D eigenvalue weighted by atomic mass is 9.44. The molecule has 6 atom stereocenters. The van der Waals surface area contributed by atoms with E-state index in [1.54, 1.807) is 0 Å². The van der Waals surface area contributed by atoms with E-state index < -0.39 is 6.08 Å². The molecule has 0 amide bonds. The van der Waals surface area contributed by atoms with E-state index in [0.717, 1.165) is 37.8 Å². The highest BCUT2D eigenvalue weighted by molar-refractivity contribution is 5.87. The van der Waals surface area contributed by atoms with Crippen molar-refractivity contribution < 1.29 is 18.4 Å². The van der Waals surface area contributed by atoms with Crippen molar-refractivity contribution >= 4 is 11.5 Å². The van der Waals surface area contributed by atoms with Crippen molar-refractivity contribution in [2.24, 2.45) is 45.4 Å². The van der Waals surface area contributed by atoms with Gasteiger partial charge in [-0.25, -0.2) is 0 Å². The first-order valence-electron chi connectivity index (χ1n) is 10.8. The summed E-state index contributed by atoms with van der Waals surface area (Å²) in [6.45, 7) is 5.05. The second kappa shape index (κ2) is 7.19. The van der Waals surface area contributed by atoms with Crippen molar-refractivity contribution in [2.45, 2.75) is 65.2 Å². The van der Waals surface area contributed by atoms with Crippen molar-refractivity contribution in [2.75, 3.05) is 13.2 Å². The minimum atomic E-state index is -1.52. The van der Waals surface area contributed by atoms with Crippen molar-refractivity contribution in [3.05, 3.63) is 11.7 Å². The number of fused-ring (bicyclic) bond motifs is 5. The Hall–Kier alpha value is -1.30. The van der Waals surface area contributed by atoms with Crippen LogP contribution in [0.2, 0.25) is 0 Å². The number of Topliss-reactive ketones (excluding diaryl/α,β-unsaturated/α-hetero) is 1. The number of nitrogens with zero attached hydrogens (tertiary/aromatic N) is 1. The lowest BCUT2D eigenvalue weighted by Gasteiger charge is -2.59. The summed E-state index contributed by atoms with van der Waals surface area (Å²) in [4.78, 5) is 17.8. The first-order valence-corrected chi connectivity index (χ1v) is 10.8. The maximum atomic E-state index is 14.1. The van der Waals surface area contributed by atoms with Gasteiger partial charge < -0.3 is 10.6 Å². The Balaban J connectivity index is 1.65. The first kappa shape index (κ1) is 20.0. The third-order valence-electron chi connectivity index (χ3n) is 8.70. The third-order valence-corrected chi connectivity index (χ3v) is 8.70. The lowest BCUT2D eigenvalue weighted by Crippen LogP contribution is -2.54. The molecule has 0 aromatic carbocycles. The molecule has 4 fully saturated rings. The Morgan fingerprint density at radius 3 is 2.68 bits per heavy atom. The molecule has 0 heterocycles. The van der Waals surface area contributed by atoms with Gasteiger partial charge in [0.05, 0.1) is 5.71 Å². The molecule has 0 spiro atoms. The molecule has 4 aliphatic carbocycles. The molecule has 0 radical (unpaired) electrons. The van der Waals surface area contributed by atoms with E-state index in [0.29, 0.717) is 49.7 Å². The van der Waals surface area contributed by atoms with E-state index in [1.165, 1.54) is 0 Å². The number of carbonyl (C=O) groups is 1. The van der Waals surface area contributed by atoms with Crippen LogP contribution < -0.4 is 5.73 Å². The molecule has 0 aliphatic heterocycles. The second-order valence-corrected chi connectivity index (χ2v) is 9.83. The highest BCUT2D eigenvalue weighted by Gasteiger charge is 2.61. The van der Waals surface area contributed by atoms with E-state index in [4.69, 9.17) is 10.6 Å². The number of hydrogen-bond donors (Lipinski definition) is 1. The van der Waals surface area contributed by atoms with Gasteiger partial charge in [-0.1, -0.05) is 19.0 Å². The Labute approximate surface area is 165 Å². The van der Waals surface area contributed by atoms with E-state index >= 15 is 0 Å². The average Bonchev–Trinajstić information content (AvgIpc) is 2.96. The van der Waals surface area contributed by atoms with Gasteiger partial charge in [0.1, 0.15) is 12.4 Å². The molecule has 4 nitrogen and oxygen atoms in total. The van der Waals surface area contributed by atoms with Gasteiger partial charge in [-0.05, 0) is 79.6 Å². The predicted molar refractivity (Wildman–Crippen MR) is 104 cm³/mol. The van der Waals surface area contributed by atoms with Gasteiger partial charge in [-0.15, -0.1) is 0 Å². The van der Waals surface area contributed by atoms with Crippen LogP contribution in [0.1, 0.15) is 65.2 Å². The molecule has 0 saturated heterocycles. The standard InChI is InChI=1S/C22H32F2N2O2/c1-21-7-5-13(26-28-10-9-25)11-18(21)15(20(23)24)12-14-16-3-4-19(27)22(16,2)8-6-17(14)21/h14,16-18H,3-12,25H2,1-2H3/b26-13+/t14-,16-,17-,18+,21+,22-/m0/s1. The second-order valence-electron chi connectivity index (χ2n) is 9.83. The van der Waals surface area contributed by atoms with Gasteiger partial charge >= 0.3 is 0 Å². The minimum absolute atomic E-state index is 0.151. The summed E-state index contributed by atoms with van der Waals surface area (Å²) in [6, 6.07) is 0. The summed E-state index contributed by atoms with van der Waals surface area (Å²) >= 11 is 0.